The molecule has 0 rings (SSSR count). The van der Waals surface area contributed by atoms with Crippen LogP contribution in [0.15, 0.2) is 0 Å². The Morgan fingerprint density at radius 2 is 1.00 bits per heavy atom. The zero-order valence-electron chi connectivity index (χ0n) is 8.06. The van der Waals surface area contributed by atoms with Crippen LogP contribution in [-0.4, -0.2) is 26.0 Å². The minimum Gasteiger partial charge on any atom is -0.255 e. The molecular formula is C9H21F7. The molecule has 0 aliphatic carbocycles. The Morgan fingerprint density at radius 1 is 0.875 bits per heavy atom. The van der Waals surface area contributed by atoms with E-state index >= 15 is 0 Å². The molecule has 0 radical (unpaired) electrons. The average Bonchev–Trinajstić information content (AvgIpc) is 2.07. The van der Waals surface area contributed by atoms with Gasteiger partial charge >= 0.3 is 6.18 Å². The Kier molecular flexibility index (Phi) is 26.8. The summed E-state index contributed by atoms with van der Waals surface area (Å²) in [6.45, 7) is 0.0556. The summed E-state index contributed by atoms with van der Waals surface area (Å²) in [5, 5.41) is 0. The van der Waals surface area contributed by atoms with Crippen LogP contribution < -0.4 is 0 Å². The van der Waals surface area contributed by atoms with Crippen molar-refractivity contribution in [3.63, 3.8) is 0 Å². The van der Waals surface area contributed by atoms with E-state index in [0.717, 1.165) is 6.92 Å². The minimum absolute atomic E-state index is 0. The number of rotatable bonds is 1. The van der Waals surface area contributed by atoms with E-state index in [0.29, 0.717) is 14.1 Å². The van der Waals surface area contributed by atoms with Crippen LogP contribution in [0.3, 0.4) is 0 Å². The molecule has 0 fully saturated rings. The fourth-order valence-corrected chi connectivity index (χ4v) is 0. The molecule has 0 aliphatic rings. The van der Waals surface area contributed by atoms with Crippen LogP contribution in [0.1, 0.15) is 35.1 Å². The summed E-state index contributed by atoms with van der Waals surface area (Å²) in [6.07, 6.45) is -4.69. The first-order valence-electron chi connectivity index (χ1n) is 3.50. The largest absolute Gasteiger partial charge is 0.388 e. The predicted molar refractivity (Wildman–Crippen MR) is 53.4 cm³/mol. The number of alkyl halides is 7. The van der Waals surface area contributed by atoms with Gasteiger partial charge in [-0.1, -0.05) is 21.8 Å². The van der Waals surface area contributed by atoms with Gasteiger partial charge in [-0.2, -0.15) is 13.2 Å². The summed E-state index contributed by atoms with van der Waals surface area (Å²) in [4.78, 5) is 0. The van der Waals surface area contributed by atoms with Gasteiger partial charge in [0.25, 0.3) is 5.92 Å². The predicted octanol–water partition coefficient (Wildman–Crippen LogP) is 5.43. The molecule has 0 aromatic heterocycles. The molecular weight excluding hydrogens is 241 g/mol. The fraction of sp³-hybridized carbons (Fsp3) is 1.00. The van der Waals surface area contributed by atoms with Crippen LogP contribution in [0.4, 0.5) is 30.7 Å². The van der Waals surface area contributed by atoms with Crippen molar-refractivity contribution in [3.8, 4) is 0 Å². The molecule has 16 heavy (non-hydrogen) atoms. The van der Waals surface area contributed by atoms with Crippen LogP contribution in [-0.2, 0) is 0 Å². The SMILES string of the molecule is C.C.CC(F)(F)CF.CCC(F)(F)F.CF. The standard InChI is InChI=1S/2C3H5F3.CH3F.2CH4/c1-3(5,6)2-4;1-2-3(4,5)6;1-2;;/h2*2H2,1H3;1H3;2*1H4. The molecule has 0 nitrogen and oxygen atoms in total. The Hall–Kier alpha value is -0.490. The molecule has 0 aromatic rings. The highest BCUT2D eigenvalue weighted by atomic mass is 19.4. The van der Waals surface area contributed by atoms with Gasteiger partial charge in [-0.3, -0.25) is 4.39 Å². The molecule has 0 saturated heterocycles. The molecule has 106 valence electrons. The third-order valence-electron chi connectivity index (χ3n) is 0.636. The molecule has 0 aliphatic heterocycles. The molecule has 0 saturated carbocycles. The van der Waals surface area contributed by atoms with E-state index in [9.17, 15) is 30.7 Å². The van der Waals surface area contributed by atoms with E-state index in [1.54, 1.807) is 0 Å². The van der Waals surface area contributed by atoms with Crippen molar-refractivity contribution in [2.45, 2.75) is 47.2 Å². The first-order valence-corrected chi connectivity index (χ1v) is 3.50. The molecule has 0 unspecified atom stereocenters. The van der Waals surface area contributed by atoms with Gasteiger partial charge in [0.05, 0.1) is 7.18 Å². The summed E-state index contributed by atoms with van der Waals surface area (Å²) in [6, 6.07) is 0. The lowest BCUT2D eigenvalue weighted by Gasteiger charge is -1.99. The molecule has 0 N–H and O–H groups in total. The van der Waals surface area contributed by atoms with Crippen molar-refractivity contribution in [3.05, 3.63) is 0 Å². The van der Waals surface area contributed by atoms with Crippen LogP contribution in [0.2, 0.25) is 0 Å². The topological polar surface area (TPSA) is 0 Å². The van der Waals surface area contributed by atoms with Crippen molar-refractivity contribution in [1.82, 2.24) is 0 Å². The summed E-state index contributed by atoms with van der Waals surface area (Å²) in [7, 11) is 0.500. The van der Waals surface area contributed by atoms with Gasteiger partial charge in [-0.05, 0) is 0 Å². The zero-order chi connectivity index (χ0) is 12.4. The number of halogens is 7. The minimum atomic E-state index is -3.96. The molecule has 0 spiro atoms. The third kappa shape index (κ3) is 69.6. The quantitative estimate of drug-likeness (QED) is 0.553. The highest BCUT2D eigenvalue weighted by molar-refractivity contribution is 4.51. The third-order valence-corrected chi connectivity index (χ3v) is 0.636. The van der Waals surface area contributed by atoms with Gasteiger partial charge in [0.1, 0.15) is 0 Å². The Morgan fingerprint density at radius 3 is 1.00 bits per heavy atom. The highest BCUT2D eigenvalue weighted by Gasteiger charge is 2.22. The number of hydrogen-bond donors (Lipinski definition) is 0. The van der Waals surface area contributed by atoms with E-state index in [2.05, 4.69) is 0 Å². The Bertz CT molecular complexity index is 89.4. The molecule has 0 amide bonds. The van der Waals surface area contributed by atoms with Gasteiger partial charge in [0.2, 0.25) is 0 Å². The van der Waals surface area contributed by atoms with Crippen LogP contribution in [0.25, 0.3) is 0 Å². The average molecular weight is 262 g/mol. The summed E-state index contributed by atoms with van der Waals surface area (Å²) < 4.78 is 74.8. The van der Waals surface area contributed by atoms with E-state index in [1.165, 1.54) is 0 Å². The lowest BCUT2D eigenvalue weighted by molar-refractivity contribution is -0.130. The maximum atomic E-state index is 11.1. The van der Waals surface area contributed by atoms with Crippen molar-refractivity contribution >= 4 is 0 Å². The van der Waals surface area contributed by atoms with Crippen LogP contribution >= 0.6 is 0 Å². The van der Waals surface area contributed by atoms with Crippen LogP contribution in [0, 0.1) is 0 Å². The lowest BCUT2D eigenvalue weighted by Crippen LogP contribution is -2.10. The van der Waals surface area contributed by atoms with Gasteiger partial charge in [0, 0.05) is 13.3 Å². The number of hydrogen-bond acceptors (Lipinski definition) is 0. The second-order valence-electron chi connectivity index (χ2n) is 2.17. The van der Waals surface area contributed by atoms with Crippen molar-refractivity contribution < 1.29 is 30.7 Å². The lowest BCUT2D eigenvalue weighted by atomic mass is 10.4. The fourth-order valence-electron chi connectivity index (χ4n) is 0. The summed E-state index contributed by atoms with van der Waals surface area (Å²) in [5.74, 6) is -3.12. The van der Waals surface area contributed by atoms with Gasteiger partial charge in [-0.25, -0.2) is 13.2 Å². The van der Waals surface area contributed by atoms with Crippen molar-refractivity contribution in [2.75, 3.05) is 13.9 Å². The van der Waals surface area contributed by atoms with Gasteiger partial charge < -0.3 is 0 Å². The van der Waals surface area contributed by atoms with Crippen molar-refractivity contribution in [2.24, 2.45) is 0 Å². The maximum Gasteiger partial charge on any atom is 0.388 e. The molecule has 0 atom stereocenters. The molecule has 0 heterocycles. The second-order valence-corrected chi connectivity index (χ2v) is 2.17. The maximum absolute atomic E-state index is 11.1. The molecule has 0 aromatic carbocycles. The first-order chi connectivity index (χ1) is 6.12. The van der Waals surface area contributed by atoms with Crippen LogP contribution in [0.5, 0.6) is 0 Å². The monoisotopic (exact) mass is 262 g/mol. The smallest absolute Gasteiger partial charge is 0.255 e. The highest BCUT2D eigenvalue weighted by Crippen LogP contribution is 2.17. The van der Waals surface area contributed by atoms with Gasteiger partial charge in [-0.15, -0.1) is 0 Å². The molecule has 0 bridgehead atoms. The second kappa shape index (κ2) is 14.5. The van der Waals surface area contributed by atoms with Gasteiger partial charge in [0.15, 0.2) is 6.67 Å². The van der Waals surface area contributed by atoms with Crippen molar-refractivity contribution in [1.29, 1.82) is 0 Å². The van der Waals surface area contributed by atoms with E-state index in [-0.39, 0.29) is 14.9 Å². The Balaban J connectivity index is -0.0000000393. The Labute approximate surface area is 92.8 Å². The van der Waals surface area contributed by atoms with E-state index in [1.807, 2.05) is 0 Å². The normalized spacial score (nSPS) is 9.38. The van der Waals surface area contributed by atoms with E-state index < -0.39 is 25.2 Å². The van der Waals surface area contributed by atoms with E-state index in [4.69, 9.17) is 0 Å². The summed E-state index contributed by atoms with van der Waals surface area (Å²) in [5.41, 5.74) is 0. The molecule has 7 heteroatoms. The zero-order valence-corrected chi connectivity index (χ0v) is 8.06. The summed E-state index contributed by atoms with van der Waals surface area (Å²) >= 11 is 0. The first kappa shape index (κ1) is 29.6.